The fourth-order valence-electron chi connectivity index (χ4n) is 2.66. The smallest absolute Gasteiger partial charge is 0.0834 e. The van der Waals surface area contributed by atoms with Crippen molar-refractivity contribution in [1.82, 2.24) is 9.78 Å². The molecule has 1 saturated carbocycles. The van der Waals surface area contributed by atoms with Crippen LogP contribution in [-0.2, 0) is 0 Å². The number of nitrogens with zero attached hydrogens (tertiary/aromatic N) is 2. The lowest BCUT2D eigenvalue weighted by Gasteiger charge is -2.23. The molecule has 1 heterocycles. The molecule has 0 aliphatic heterocycles. The van der Waals surface area contributed by atoms with Crippen molar-refractivity contribution in [2.24, 2.45) is 5.73 Å². The van der Waals surface area contributed by atoms with Crippen LogP contribution in [0.5, 0.6) is 0 Å². The summed E-state index contributed by atoms with van der Waals surface area (Å²) < 4.78 is 1.95. The van der Waals surface area contributed by atoms with E-state index in [0.717, 1.165) is 16.7 Å². The van der Waals surface area contributed by atoms with Crippen LogP contribution in [0.4, 0.5) is 0 Å². The summed E-state index contributed by atoms with van der Waals surface area (Å²) in [5, 5.41) is 5.81. The first-order valence-corrected chi connectivity index (χ1v) is 8.62. The zero-order valence-corrected chi connectivity index (χ0v) is 13.4. The van der Waals surface area contributed by atoms with Crippen molar-refractivity contribution < 1.29 is 0 Å². The lowest BCUT2D eigenvalue weighted by Crippen LogP contribution is -2.21. The minimum Gasteiger partial charge on any atom is -0.322 e. The van der Waals surface area contributed by atoms with Crippen LogP contribution in [0.2, 0.25) is 5.02 Å². The van der Waals surface area contributed by atoms with Crippen LogP contribution >= 0.6 is 23.4 Å². The number of halogens is 1. The van der Waals surface area contributed by atoms with Gasteiger partial charge in [0.15, 0.2) is 0 Å². The second-order valence-electron chi connectivity index (χ2n) is 5.62. The topological polar surface area (TPSA) is 43.8 Å². The van der Waals surface area contributed by atoms with Crippen LogP contribution in [0.15, 0.2) is 6.20 Å². The predicted molar refractivity (Wildman–Crippen MR) is 83.9 cm³/mol. The number of aromatic nitrogens is 2. The summed E-state index contributed by atoms with van der Waals surface area (Å²) in [6.07, 6.45) is 8.54. The van der Waals surface area contributed by atoms with Gasteiger partial charge in [-0.1, -0.05) is 30.9 Å². The highest BCUT2D eigenvalue weighted by molar-refractivity contribution is 7.99. The maximum atomic E-state index is 6.33. The van der Waals surface area contributed by atoms with Gasteiger partial charge < -0.3 is 5.73 Å². The van der Waals surface area contributed by atoms with E-state index >= 15 is 0 Å². The van der Waals surface area contributed by atoms with Gasteiger partial charge in [0.05, 0.1) is 23.0 Å². The van der Waals surface area contributed by atoms with E-state index in [4.69, 9.17) is 17.3 Å². The van der Waals surface area contributed by atoms with E-state index in [1.54, 1.807) is 6.20 Å². The number of thioether (sulfide) groups is 1. The molecule has 0 amide bonds. The summed E-state index contributed by atoms with van der Waals surface area (Å²) in [6, 6.07) is 0.276. The van der Waals surface area contributed by atoms with Crippen molar-refractivity contribution in [3.63, 3.8) is 0 Å². The number of hydrogen-bond acceptors (Lipinski definition) is 3. The van der Waals surface area contributed by atoms with Crippen LogP contribution in [0.3, 0.4) is 0 Å². The lowest BCUT2D eigenvalue weighted by atomic mass is 10.0. The Hall–Kier alpha value is -0.190. The fraction of sp³-hybridized carbons (Fsp3) is 0.786. The molecule has 108 valence electrons. The molecule has 1 aromatic heterocycles. The minimum absolute atomic E-state index is 0.0238. The van der Waals surface area contributed by atoms with Gasteiger partial charge in [-0.15, -0.1) is 0 Å². The largest absolute Gasteiger partial charge is 0.322 e. The average molecular weight is 302 g/mol. The van der Waals surface area contributed by atoms with E-state index in [0.29, 0.717) is 11.1 Å². The first-order chi connectivity index (χ1) is 9.09. The van der Waals surface area contributed by atoms with E-state index in [9.17, 15) is 0 Å². The third kappa shape index (κ3) is 3.89. The van der Waals surface area contributed by atoms with Crippen LogP contribution in [-0.4, -0.2) is 20.8 Å². The van der Waals surface area contributed by atoms with Gasteiger partial charge in [0.1, 0.15) is 0 Å². The molecule has 1 aliphatic rings. The zero-order valence-electron chi connectivity index (χ0n) is 11.8. The average Bonchev–Trinajstić information content (AvgIpc) is 2.79. The Morgan fingerprint density at radius 2 is 2.11 bits per heavy atom. The predicted octanol–water partition coefficient (Wildman–Crippen LogP) is 4.18. The van der Waals surface area contributed by atoms with Gasteiger partial charge >= 0.3 is 0 Å². The molecule has 1 fully saturated rings. The number of hydrogen-bond donors (Lipinski definition) is 1. The normalized spacial score (nSPS) is 19.0. The van der Waals surface area contributed by atoms with Crippen molar-refractivity contribution in [2.45, 2.75) is 63.3 Å². The second-order valence-corrected chi connectivity index (χ2v) is 7.36. The fourth-order valence-corrected chi connectivity index (χ4v) is 4.23. The summed E-state index contributed by atoms with van der Waals surface area (Å²) in [6.45, 7) is 4.21. The molecule has 1 aliphatic carbocycles. The zero-order chi connectivity index (χ0) is 13.8. The summed E-state index contributed by atoms with van der Waals surface area (Å²) in [5.41, 5.74) is 7.32. The first-order valence-electron chi connectivity index (χ1n) is 7.19. The molecular weight excluding hydrogens is 278 g/mol. The maximum absolute atomic E-state index is 6.33. The molecule has 1 unspecified atom stereocenters. The highest BCUT2D eigenvalue weighted by Crippen LogP contribution is 2.32. The number of rotatable bonds is 5. The molecule has 0 saturated heterocycles. The monoisotopic (exact) mass is 301 g/mol. The standard InChI is InChI=1S/C14H24ClN3S/c1-10(2)18-14(12(15)8-17-18)13(16)9-19-11-6-4-3-5-7-11/h8,10-11,13H,3-7,9,16H2,1-2H3. The molecule has 2 N–H and O–H groups in total. The van der Waals surface area contributed by atoms with Crippen molar-refractivity contribution in [3.05, 3.63) is 16.9 Å². The molecule has 2 rings (SSSR count). The summed E-state index contributed by atoms with van der Waals surface area (Å²) in [4.78, 5) is 0. The van der Waals surface area contributed by atoms with Crippen molar-refractivity contribution >= 4 is 23.4 Å². The summed E-state index contributed by atoms with van der Waals surface area (Å²) in [7, 11) is 0. The molecule has 19 heavy (non-hydrogen) atoms. The minimum atomic E-state index is -0.0238. The van der Waals surface area contributed by atoms with Gasteiger partial charge in [0, 0.05) is 17.0 Å². The quantitative estimate of drug-likeness (QED) is 0.887. The molecular formula is C14H24ClN3S. The van der Waals surface area contributed by atoms with Crippen molar-refractivity contribution in [2.75, 3.05) is 5.75 Å². The van der Waals surface area contributed by atoms with Crippen molar-refractivity contribution in [1.29, 1.82) is 0 Å². The van der Waals surface area contributed by atoms with E-state index in [1.165, 1.54) is 32.1 Å². The Kier molecular flexibility index (Phi) is 5.60. The van der Waals surface area contributed by atoms with Crippen LogP contribution in [0, 0.1) is 0 Å². The van der Waals surface area contributed by atoms with Gasteiger partial charge in [-0.25, -0.2) is 0 Å². The maximum Gasteiger partial charge on any atom is 0.0834 e. The molecule has 3 nitrogen and oxygen atoms in total. The van der Waals surface area contributed by atoms with E-state index in [-0.39, 0.29) is 6.04 Å². The van der Waals surface area contributed by atoms with Gasteiger partial charge in [-0.2, -0.15) is 16.9 Å². The van der Waals surface area contributed by atoms with Gasteiger partial charge in [-0.05, 0) is 26.7 Å². The van der Waals surface area contributed by atoms with Gasteiger partial charge in [-0.3, -0.25) is 4.68 Å². The van der Waals surface area contributed by atoms with Gasteiger partial charge in [0.2, 0.25) is 0 Å². The second kappa shape index (κ2) is 7.00. The molecule has 1 atom stereocenters. The molecule has 0 radical (unpaired) electrons. The molecule has 1 aromatic rings. The Bertz CT molecular complexity index is 399. The Balaban J connectivity index is 1.95. The van der Waals surface area contributed by atoms with E-state index < -0.39 is 0 Å². The van der Waals surface area contributed by atoms with Crippen LogP contribution < -0.4 is 5.73 Å². The third-order valence-corrected chi connectivity index (χ3v) is 5.48. The van der Waals surface area contributed by atoms with Crippen molar-refractivity contribution in [3.8, 4) is 0 Å². The third-order valence-electron chi connectivity index (χ3n) is 3.69. The van der Waals surface area contributed by atoms with E-state index in [2.05, 4.69) is 18.9 Å². The molecule has 5 heteroatoms. The Labute approximate surface area is 125 Å². The van der Waals surface area contributed by atoms with E-state index in [1.807, 2.05) is 16.4 Å². The molecule has 0 aromatic carbocycles. The Morgan fingerprint density at radius 1 is 1.42 bits per heavy atom. The highest BCUT2D eigenvalue weighted by atomic mass is 35.5. The van der Waals surface area contributed by atoms with Crippen LogP contribution in [0.1, 0.15) is 63.7 Å². The van der Waals surface area contributed by atoms with Crippen LogP contribution in [0.25, 0.3) is 0 Å². The molecule has 0 bridgehead atoms. The van der Waals surface area contributed by atoms with Gasteiger partial charge in [0.25, 0.3) is 0 Å². The summed E-state index contributed by atoms with van der Waals surface area (Å²) in [5.74, 6) is 0.933. The SMILES string of the molecule is CC(C)n1ncc(Cl)c1C(N)CSC1CCCCC1. The highest BCUT2D eigenvalue weighted by Gasteiger charge is 2.21. The first kappa shape index (κ1) is 15.2. The Morgan fingerprint density at radius 3 is 2.74 bits per heavy atom. The lowest BCUT2D eigenvalue weighted by molar-refractivity contribution is 0.494. The summed E-state index contributed by atoms with van der Waals surface area (Å²) >= 11 is 8.24. The number of nitrogens with two attached hydrogens (primary N) is 1. The molecule has 0 spiro atoms.